The first-order valence-electron chi connectivity index (χ1n) is 4.12. The molecule has 0 spiro atoms. The Morgan fingerprint density at radius 1 is 0.900 bits per heavy atom. The molecule has 53 valence electrons. The summed E-state index contributed by atoms with van der Waals surface area (Å²) >= 11 is 0. The molecule has 2 atom stereocenters. The maximum atomic E-state index is 2.36. The molecule has 0 aromatic rings. The Hall–Kier alpha value is -0.520. The van der Waals surface area contributed by atoms with Gasteiger partial charge in [-0.15, -0.1) is 0 Å². The van der Waals surface area contributed by atoms with Crippen LogP contribution in [-0.4, -0.2) is 0 Å². The minimum atomic E-state index is 0.856. The van der Waals surface area contributed by atoms with E-state index in [1.807, 2.05) is 0 Å². The van der Waals surface area contributed by atoms with Gasteiger partial charge in [0.2, 0.25) is 0 Å². The first-order valence-corrected chi connectivity index (χ1v) is 4.12. The lowest BCUT2D eigenvalue weighted by Crippen LogP contribution is -2.18. The van der Waals surface area contributed by atoms with Gasteiger partial charge in [0.05, 0.1) is 0 Å². The van der Waals surface area contributed by atoms with Crippen LogP contribution < -0.4 is 0 Å². The summed E-state index contributed by atoms with van der Waals surface area (Å²) in [5.41, 5.74) is 0. The normalized spacial score (nSPS) is 37.6. The van der Waals surface area contributed by atoms with Gasteiger partial charge in [0, 0.05) is 0 Å². The van der Waals surface area contributed by atoms with E-state index in [9.17, 15) is 0 Å². The summed E-state index contributed by atoms with van der Waals surface area (Å²) in [6.07, 6.45) is 15.4. The minimum Gasteiger partial charge on any atom is -0.0882 e. The highest BCUT2D eigenvalue weighted by Gasteiger charge is 2.22. The molecule has 2 rings (SSSR count). The monoisotopic (exact) mass is 133 g/mol. The summed E-state index contributed by atoms with van der Waals surface area (Å²) in [4.78, 5) is 0. The molecule has 0 aromatic carbocycles. The zero-order chi connectivity index (χ0) is 6.81. The average Bonchev–Trinajstić information content (AvgIpc) is 2.05. The topological polar surface area (TPSA) is 0 Å². The van der Waals surface area contributed by atoms with E-state index in [-0.39, 0.29) is 0 Å². The molecule has 0 aliphatic heterocycles. The molecule has 0 aromatic heterocycles. The van der Waals surface area contributed by atoms with Crippen molar-refractivity contribution in [2.75, 3.05) is 0 Å². The quantitative estimate of drug-likeness (QED) is 0.446. The van der Waals surface area contributed by atoms with Crippen LogP contribution in [0, 0.1) is 18.3 Å². The standard InChI is InChI=1S/C10H13/c1-2-6-10-8-4-3-7-9(10)5-1/h1-5,9-10H,6-8H2. The Kier molecular flexibility index (Phi) is 1.62. The molecule has 0 amide bonds. The highest BCUT2D eigenvalue weighted by atomic mass is 14.3. The van der Waals surface area contributed by atoms with Crippen LogP contribution in [0.3, 0.4) is 0 Å². The van der Waals surface area contributed by atoms with Gasteiger partial charge in [-0.1, -0.05) is 24.3 Å². The van der Waals surface area contributed by atoms with Crippen LogP contribution in [0.2, 0.25) is 0 Å². The third-order valence-corrected chi connectivity index (χ3v) is 2.55. The summed E-state index contributed by atoms with van der Waals surface area (Å²) in [5.74, 6) is 1.78. The van der Waals surface area contributed by atoms with Crippen molar-refractivity contribution < 1.29 is 0 Å². The molecule has 0 fully saturated rings. The first kappa shape index (κ1) is 6.21. The van der Waals surface area contributed by atoms with Gasteiger partial charge in [0.15, 0.2) is 0 Å². The van der Waals surface area contributed by atoms with Crippen LogP contribution >= 0.6 is 0 Å². The lowest BCUT2D eigenvalue weighted by atomic mass is 9.76. The fourth-order valence-corrected chi connectivity index (χ4v) is 1.87. The van der Waals surface area contributed by atoms with Gasteiger partial charge in [-0.2, -0.15) is 0 Å². The molecule has 0 saturated heterocycles. The minimum absolute atomic E-state index is 0.856. The first-order chi connectivity index (χ1) is 4.97. The van der Waals surface area contributed by atoms with Gasteiger partial charge in [0.25, 0.3) is 0 Å². The zero-order valence-electron chi connectivity index (χ0n) is 6.16. The van der Waals surface area contributed by atoms with Gasteiger partial charge >= 0.3 is 0 Å². The van der Waals surface area contributed by atoms with Crippen LogP contribution in [0.25, 0.3) is 0 Å². The van der Waals surface area contributed by atoms with Gasteiger partial charge in [0.1, 0.15) is 0 Å². The maximum Gasteiger partial charge on any atom is -0.0133 e. The summed E-state index contributed by atoms with van der Waals surface area (Å²) in [6.45, 7) is 0. The van der Waals surface area contributed by atoms with Gasteiger partial charge < -0.3 is 0 Å². The maximum absolute atomic E-state index is 2.36. The highest BCUT2D eigenvalue weighted by Crippen LogP contribution is 2.33. The van der Waals surface area contributed by atoms with Crippen LogP contribution in [0.15, 0.2) is 24.3 Å². The highest BCUT2D eigenvalue weighted by molar-refractivity contribution is 5.11. The smallest absolute Gasteiger partial charge is 0.0133 e. The van der Waals surface area contributed by atoms with E-state index in [2.05, 4.69) is 30.7 Å². The van der Waals surface area contributed by atoms with Crippen LogP contribution in [-0.2, 0) is 0 Å². The molecule has 1 radical (unpaired) electrons. The van der Waals surface area contributed by atoms with E-state index in [1.165, 1.54) is 19.3 Å². The van der Waals surface area contributed by atoms with E-state index in [4.69, 9.17) is 0 Å². The summed E-state index contributed by atoms with van der Waals surface area (Å²) < 4.78 is 0. The Balaban J connectivity index is 2.09. The molecule has 0 heteroatoms. The Bertz CT molecular complexity index is 129. The largest absolute Gasteiger partial charge is 0.0882 e. The third kappa shape index (κ3) is 1.03. The van der Waals surface area contributed by atoms with E-state index in [0.717, 1.165) is 11.8 Å². The van der Waals surface area contributed by atoms with Crippen molar-refractivity contribution in [3.8, 4) is 0 Å². The van der Waals surface area contributed by atoms with Crippen molar-refractivity contribution in [3.63, 3.8) is 0 Å². The number of hydrogen-bond donors (Lipinski definition) is 0. The Labute approximate surface area is 62.6 Å². The molecule has 2 aliphatic carbocycles. The molecule has 0 N–H and O–H groups in total. The molecule has 2 aliphatic rings. The number of allylic oxidation sites excluding steroid dienone is 4. The van der Waals surface area contributed by atoms with E-state index >= 15 is 0 Å². The molecular formula is C10H13. The number of hydrogen-bond acceptors (Lipinski definition) is 0. The molecule has 10 heavy (non-hydrogen) atoms. The number of rotatable bonds is 0. The molecule has 0 bridgehead atoms. The fraction of sp³-hybridized carbons (Fsp3) is 0.500. The van der Waals surface area contributed by atoms with Crippen molar-refractivity contribution >= 4 is 0 Å². The van der Waals surface area contributed by atoms with Crippen LogP contribution in [0.4, 0.5) is 0 Å². The second-order valence-electron chi connectivity index (χ2n) is 3.22. The van der Waals surface area contributed by atoms with Gasteiger partial charge in [-0.25, -0.2) is 0 Å². The van der Waals surface area contributed by atoms with Crippen molar-refractivity contribution in [2.45, 2.75) is 19.3 Å². The molecule has 0 nitrogen and oxygen atoms in total. The van der Waals surface area contributed by atoms with E-state index in [0.29, 0.717) is 0 Å². The predicted molar refractivity (Wildman–Crippen MR) is 43.4 cm³/mol. The van der Waals surface area contributed by atoms with E-state index in [1.54, 1.807) is 0 Å². The van der Waals surface area contributed by atoms with Crippen LogP contribution in [0.1, 0.15) is 19.3 Å². The molecule has 0 heterocycles. The summed E-state index contributed by atoms with van der Waals surface area (Å²) in [7, 11) is 0. The number of fused-ring (bicyclic) bond motifs is 1. The van der Waals surface area contributed by atoms with Crippen molar-refractivity contribution in [3.05, 3.63) is 30.7 Å². The fourth-order valence-electron chi connectivity index (χ4n) is 1.87. The summed E-state index contributed by atoms with van der Waals surface area (Å²) in [6, 6.07) is 0. The Morgan fingerprint density at radius 3 is 2.60 bits per heavy atom. The van der Waals surface area contributed by atoms with Gasteiger partial charge in [-0.3, -0.25) is 0 Å². The molecular weight excluding hydrogens is 120 g/mol. The zero-order valence-corrected chi connectivity index (χ0v) is 6.16. The van der Waals surface area contributed by atoms with Crippen molar-refractivity contribution in [1.82, 2.24) is 0 Å². The van der Waals surface area contributed by atoms with Crippen molar-refractivity contribution in [2.24, 2.45) is 11.8 Å². The second-order valence-corrected chi connectivity index (χ2v) is 3.22. The Morgan fingerprint density at radius 2 is 1.70 bits per heavy atom. The third-order valence-electron chi connectivity index (χ3n) is 2.55. The SMILES string of the molecule is [CH]1C=CCC2CC=CCC12. The van der Waals surface area contributed by atoms with E-state index < -0.39 is 0 Å². The second kappa shape index (κ2) is 2.61. The van der Waals surface area contributed by atoms with Crippen LogP contribution in [0.5, 0.6) is 0 Å². The average molecular weight is 133 g/mol. The lowest BCUT2D eigenvalue weighted by Gasteiger charge is -2.29. The predicted octanol–water partition coefficient (Wildman–Crippen LogP) is 2.73. The summed E-state index contributed by atoms with van der Waals surface area (Å²) in [5, 5.41) is 0. The lowest BCUT2D eigenvalue weighted by molar-refractivity contribution is 0.364. The van der Waals surface area contributed by atoms with Gasteiger partial charge in [-0.05, 0) is 37.5 Å². The molecule has 2 unspecified atom stereocenters. The van der Waals surface area contributed by atoms with Crippen molar-refractivity contribution in [1.29, 1.82) is 0 Å². The molecule has 0 saturated carbocycles.